The Morgan fingerprint density at radius 2 is 1.93 bits per heavy atom. The van der Waals surface area contributed by atoms with Crippen LogP contribution < -0.4 is 15.5 Å². The average molecular weight is 372 g/mol. The van der Waals surface area contributed by atoms with Gasteiger partial charge in [0.15, 0.2) is 11.8 Å². The Bertz CT molecular complexity index is 706. The van der Waals surface area contributed by atoms with Gasteiger partial charge >= 0.3 is 0 Å². The fourth-order valence-electron chi connectivity index (χ4n) is 2.55. The summed E-state index contributed by atoms with van der Waals surface area (Å²) in [5.74, 6) is 3.14. The summed E-state index contributed by atoms with van der Waals surface area (Å²) in [7, 11) is 4.09. The molecule has 0 radical (unpaired) electrons. The van der Waals surface area contributed by atoms with E-state index in [1.807, 2.05) is 24.6 Å². The van der Waals surface area contributed by atoms with Gasteiger partial charge in [0.25, 0.3) is 0 Å². The first-order valence-corrected chi connectivity index (χ1v) is 9.60. The second-order valence-corrected chi connectivity index (χ2v) is 7.20. The third-order valence-corrected chi connectivity index (χ3v) is 4.40. The van der Waals surface area contributed by atoms with Crippen LogP contribution in [0.25, 0.3) is 0 Å². The summed E-state index contributed by atoms with van der Waals surface area (Å²) in [6, 6.07) is 10.4. The molecule has 1 heterocycles. The van der Waals surface area contributed by atoms with Crippen molar-refractivity contribution < 1.29 is 0 Å². The predicted octanol–water partition coefficient (Wildman–Crippen LogP) is 2.34. The molecule has 2 aromatic rings. The van der Waals surface area contributed by atoms with Gasteiger partial charge in [-0.05, 0) is 31.4 Å². The van der Waals surface area contributed by atoms with Crippen LogP contribution in [0.5, 0.6) is 0 Å². The third-order valence-electron chi connectivity index (χ3n) is 4.40. The fraction of sp³-hybridized carbons (Fsp3) is 0.550. The van der Waals surface area contributed by atoms with Gasteiger partial charge in [0.1, 0.15) is 12.4 Å². The molecule has 7 heteroatoms. The number of nitrogens with one attached hydrogen (secondary N) is 2. The van der Waals surface area contributed by atoms with Crippen LogP contribution in [0.15, 0.2) is 35.3 Å². The second-order valence-electron chi connectivity index (χ2n) is 7.20. The Hall–Kier alpha value is -2.57. The molecule has 148 valence electrons. The summed E-state index contributed by atoms with van der Waals surface area (Å²) in [5.41, 5.74) is 1.24. The van der Waals surface area contributed by atoms with Gasteiger partial charge in [0.2, 0.25) is 0 Å². The van der Waals surface area contributed by atoms with E-state index in [2.05, 4.69) is 75.9 Å². The van der Waals surface area contributed by atoms with Crippen LogP contribution in [0, 0.1) is 12.8 Å². The van der Waals surface area contributed by atoms with Crippen molar-refractivity contribution >= 4 is 11.6 Å². The number of anilines is 1. The summed E-state index contributed by atoms with van der Waals surface area (Å²) in [6.07, 6.45) is 1.02. The quantitative estimate of drug-likeness (QED) is 0.402. The SMILES string of the molecule is Cc1nnc(CN=C(NCCCN(C)c2ccccc2)NCC(C)C)n1C. The van der Waals surface area contributed by atoms with Crippen molar-refractivity contribution in [1.29, 1.82) is 0 Å². The standard InChI is InChI=1S/C20H33N7/c1-16(2)14-22-20(23-15-19-25-24-17(3)27(19)5)21-12-9-13-26(4)18-10-7-6-8-11-18/h6-8,10-11,16H,9,12-15H2,1-5H3,(H2,21,22,23). The van der Waals surface area contributed by atoms with Crippen molar-refractivity contribution in [3.05, 3.63) is 42.0 Å². The van der Waals surface area contributed by atoms with E-state index >= 15 is 0 Å². The van der Waals surface area contributed by atoms with Gasteiger partial charge in [0, 0.05) is 39.4 Å². The zero-order valence-corrected chi connectivity index (χ0v) is 17.2. The van der Waals surface area contributed by atoms with E-state index in [0.717, 1.165) is 43.7 Å². The number of hydrogen-bond acceptors (Lipinski definition) is 4. The highest BCUT2D eigenvalue weighted by Gasteiger charge is 2.06. The minimum atomic E-state index is 0.509. The molecular formula is C20H33N7. The van der Waals surface area contributed by atoms with Crippen LogP contribution in [-0.2, 0) is 13.6 Å². The Balaban J connectivity index is 1.84. The minimum absolute atomic E-state index is 0.509. The number of para-hydroxylation sites is 1. The third kappa shape index (κ3) is 6.92. The fourth-order valence-corrected chi connectivity index (χ4v) is 2.55. The molecule has 0 bridgehead atoms. The van der Waals surface area contributed by atoms with Crippen LogP contribution in [-0.4, -0.2) is 47.4 Å². The van der Waals surface area contributed by atoms with Crippen LogP contribution >= 0.6 is 0 Å². The Kier molecular flexibility index (Phi) is 8.10. The summed E-state index contributed by atoms with van der Waals surface area (Å²) >= 11 is 0. The molecule has 0 saturated heterocycles. The van der Waals surface area contributed by atoms with E-state index in [0.29, 0.717) is 12.5 Å². The highest BCUT2D eigenvalue weighted by Crippen LogP contribution is 2.10. The van der Waals surface area contributed by atoms with Crippen LogP contribution in [0.3, 0.4) is 0 Å². The molecule has 0 aliphatic heterocycles. The lowest BCUT2D eigenvalue weighted by atomic mass is 10.2. The number of rotatable bonds is 9. The first-order valence-electron chi connectivity index (χ1n) is 9.60. The van der Waals surface area contributed by atoms with E-state index in [1.54, 1.807) is 0 Å². The maximum atomic E-state index is 4.67. The molecule has 1 aromatic heterocycles. The average Bonchev–Trinajstić information content (AvgIpc) is 2.99. The normalized spacial score (nSPS) is 11.7. The summed E-state index contributed by atoms with van der Waals surface area (Å²) in [5, 5.41) is 15.1. The smallest absolute Gasteiger partial charge is 0.191 e. The molecule has 0 aliphatic carbocycles. The first-order chi connectivity index (χ1) is 13.0. The number of aliphatic imine (C=N–C) groups is 1. The van der Waals surface area contributed by atoms with Crippen molar-refractivity contribution in [2.24, 2.45) is 18.0 Å². The lowest BCUT2D eigenvalue weighted by Gasteiger charge is -2.20. The lowest BCUT2D eigenvalue weighted by molar-refractivity contribution is 0.610. The van der Waals surface area contributed by atoms with Gasteiger partial charge in [-0.2, -0.15) is 0 Å². The van der Waals surface area contributed by atoms with Gasteiger partial charge in [-0.1, -0.05) is 32.0 Å². The molecule has 7 nitrogen and oxygen atoms in total. The van der Waals surface area contributed by atoms with E-state index in [-0.39, 0.29) is 0 Å². The van der Waals surface area contributed by atoms with Crippen molar-refractivity contribution in [2.75, 3.05) is 31.6 Å². The van der Waals surface area contributed by atoms with Crippen LogP contribution in [0.1, 0.15) is 31.9 Å². The minimum Gasteiger partial charge on any atom is -0.375 e. The van der Waals surface area contributed by atoms with Gasteiger partial charge in [-0.3, -0.25) is 0 Å². The molecular weight excluding hydrogens is 338 g/mol. The molecule has 0 unspecified atom stereocenters. The molecule has 2 N–H and O–H groups in total. The molecule has 27 heavy (non-hydrogen) atoms. The predicted molar refractivity (Wildman–Crippen MR) is 112 cm³/mol. The first kappa shape index (κ1) is 20.7. The molecule has 0 spiro atoms. The van der Waals surface area contributed by atoms with Crippen LogP contribution in [0.4, 0.5) is 5.69 Å². The molecule has 0 atom stereocenters. The second kappa shape index (κ2) is 10.5. The molecule has 1 aromatic carbocycles. The number of guanidine groups is 1. The number of aryl methyl sites for hydroxylation is 1. The zero-order valence-electron chi connectivity index (χ0n) is 17.2. The van der Waals surface area contributed by atoms with E-state index in [9.17, 15) is 0 Å². The van der Waals surface area contributed by atoms with Gasteiger partial charge < -0.3 is 20.1 Å². The summed E-state index contributed by atoms with van der Waals surface area (Å²) < 4.78 is 1.97. The molecule has 0 fully saturated rings. The van der Waals surface area contributed by atoms with E-state index in [4.69, 9.17) is 0 Å². The molecule has 0 saturated carbocycles. The summed E-state index contributed by atoms with van der Waals surface area (Å²) in [4.78, 5) is 6.94. The molecule has 0 aliphatic rings. The van der Waals surface area contributed by atoms with Crippen LogP contribution in [0.2, 0.25) is 0 Å². The number of nitrogens with zero attached hydrogens (tertiary/aromatic N) is 5. The largest absolute Gasteiger partial charge is 0.375 e. The maximum Gasteiger partial charge on any atom is 0.191 e. The van der Waals surface area contributed by atoms with Gasteiger partial charge in [-0.15, -0.1) is 10.2 Å². The summed E-state index contributed by atoms with van der Waals surface area (Å²) in [6.45, 7) is 9.55. The van der Waals surface area contributed by atoms with Crippen molar-refractivity contribution in [2.45, 2.75) is 33.7 Å². The van der Waals surface area contributed by atoms with Crippen molar-refractivity contribution in [3.63, 3.8) is 0 Å². The van der Waals surface area contributed by atoms with Gasteiger partial charge in [0.05, 0.1) is 0 Å². The maximum absolute atomic E-state index is 4.67. The highest BCUT2D eigenvalue weighted by molar-refractivity contribution is 5.79. The van der Waals surface area contributed by atoms with E-state index < -0.39 is 0 Å². The monoisotopic (exact) mass is 371 g/mol. The topological polar surface area (TPSA) is 70.4 Å². The van der Waals surface area contributed by atoms with Gasteiger partial charge in [-0.25, -0.2) is 4.99 Å². The zero-order chi connectivity index (χ0) is 19.6. The molecule has 2 rings (SSSR count). The highest BCUT2D eigenvalue weighted by atomic mass is 15.3. The Labute approximate surface area is 162 Å². The number of benzene rings is 1. The van der Waals surface area contributed by atoms with E-state index in [1.165, 1.54) is 5.69 Å². The van der Waals surface area contributed by atoms with Crippen molar-refractivity contribution in [1.82, 2.24) is 25.4 Å². The lowest BCUT2D eigenvalue weighted by Crippen LogP contribution is -2.40. The molecule has 0 amide bonds. The van der Waals surface area contributed by atoms with Crippen molar-refractivity contribution in [3.8, 4) is 0 Å². The number of hydrogen-bond donors (Lipinski definition) is 2. The Morgan fingerprint density at radius 3 is 2.56 bits per heavy atom. The number of aromatic nitrogens is 3. The Morgan fingerprint density at radius 1 is 1.19 bits per heavy atom.